The van der Waals surface area contributed by atoms with E-state index >= 15 is 0 Å². The average Bonchev–Trinajstić information content (AvgIpc) is 3.37. The van der Waals surface area contributed by atoms with E-state index in [0.29, 0.717) is 19.3 Å². The van der Waals surface area contributed by atoms with Gasteiger partial charge in [0.1, 0.15) is 13.2 Å². The molecule has 0 unspecified atom stereocenters. The van der Waals surface area contributed by atoms with Crippen LogP contribution in [0.25, 0.3) is 0 Å². The second-order valence-electron chi connectivity index (χ2n) is 21.0. The van der Waals surface area contributed by atoms with Crippen LogP contribution in [0.2, 0.25) is 0 Å². The molecule has 1 atom stereocenters. The van der Waals surface area contributed by atoms with E-state index in [-0.39, 0.29) is 31.1 Å². The summed E-state index contributed by atoms with van der Waals surface area (Å²) < 4.78 is 16.9. The number of carbonyl (C=O) groups is 3. The first-order valence-electron chi connectivity index (χ1n) is 31.1. The largest absolute Gasteiger partial charge is 0.462 e. The summed E-state index contributed by atoms with van der Waals surface area (Å²) in [6.45, 7) is 6.63. The zero-order chi connectivity index (χ0) is 51.4. The van der Waals surface area contributed by atoms with Crippen molar-refractivity contribution >= 4 is 17.9 Å². The van der Waals surface area contributed by atoms with Crippen molar-refractivity contribution in [3.63, 3.8) is 0 Å². The Hall–Kier alpha value is -2.63. The van der Waals surface area contributed by atoms with Crippen LogP contribution < -0.4 is 0 Å². The molecule has 0 aromatic carbocycles. The number of unbranched alkanes of at least 4 members (excludes halogenated alkanes) is 38. The van der Waals surface area contributed by atoms with Gasteiger partial charge in [0.05, 0.1) is 0 Å². The number of hydrogen-bond donors (Lipinski definition) is 0. The van der Waals surface area contributed by atoms with Gasteiger partial charge in [-0.3, -0.25) is 14.4 Å². The lowest BCUT2D eigenvalue weighted by Crippen LogP contribution is -2.30. The van der Waals surface area contributed by atoms with E-state index in [1.54, 1.807) is 0 Å². The third kappa shape index (κ3) is 58.1. The van der Waals surface area contributed by atoms with Crippen LogP contribution in [-0.4, -0.2) is 37.2 Å². The van der Waals surface area contributed by atoms with Gasteiger partial charge in [0.2, 0.25) is 0 Å². The highest BCUT2D eigenvalue weighted by Gasteiger charge is 2.19. The lowest BCUT2D eigenvalue weighted by atomic mass is 10.1. The van der Waals surface area contributed by atoms with Gasteiger partial charge in [0.15, 0.2) is 6.10 Å². The first-order chi connectivity index (χ1) is 35.0. The van der Waals surface area contributed by atoms with Crippen LogP contribution in [-0.2, 0) is 28.6 Å². The van der Waals surface area contributed by atoms with E-state index in [9.17, 15) is 14.4 Å². The number of carbonyl (C=O) groups excluding carboxylic acids is 3. The Labute approximate surface area is 441 Å². The Balaban J connectivity index is 4.36. The minimum Gasteiger partial charge on any atom is -0.462 e. The molecule has 71 heavy (non-hydrogen) atoms. The van der Waals surface area contributed by atoms with Crippen LogP contribution in [0.4, 0.5) is 0 Å². The smallest absolute Gasteiger partial charge is 0.306 e. The van der Waals surface area contributed by atoms with Crippen molar-refractivity contribution in [1.82, 2.24) is 0 Å². The number of esters is 3. The van der Waals surface area contributed by atoms with Crippen LogP contribution in [0, 0.1) is 0 Å². The van der Waals surface area contributed by atoms with E-state index < -0.39 is 6.10 Å². The highest BCUT2D eigenvalue weighted by atomic mass is 16.6. The van der Waals surface area contributed by atoms with E-state index in [1.807, 2.05) is 0 Å². The summed E-state index contributed by atoms with van der Waals surface area (Å²) in [6, 6.07) is 0. The van der Waals surface area contributed by atoms with Crippen LogP contribution in [0.15, 0.2) is 48.6 Å². The Kier molecular flexibility index (Phi) is 57.7. The molecule has 0 saturated carbocycles. The van der Waals surface area contributed by atoms with Gasteiger partial charge in [-0.1, -0.05) is 256 Å². The minimum atomic E-state index is -0.781. The molecule has 6 heteroatoms. The summed E-state index contributed by atoms with van der Waals surface area (Å²) in [5.41, 5.74) is 0. The molecule has 0 aliphatic carbocycles. The van der Waals surface area contributed by atoms with E-state index in [1.165, 1.54) is 212 Å². The molecule has 0 rings (SSSR count). The Bertz CT molecular complexity index is 1230. The van der Waals surface area contributed by atoms with Crippen LogP contribution >= 0.6 is 0 Å². The first kappa shape index (κ1) is 68.4. The molecule has 0 bridgehead atoms. The summed E-state index contributed by atoms with van der Waals surface area (Å²) in [4.78, 5) is 38.3. The van der Waals surface area contributed by atoms with Gasteiger partial charge < -0.3 is 14.2 Å². The van der Waals surface area contributed by atoms with Gasteiger partial charge in [0.25, 0.3) is 0 Å². The van der Waals surface area contributed by atoms with Crippen LogP contribution in [0.1, 0.15) is 329 Å². The first-order valence-corrected chi connectivity index (χ1v) is 31.1. The van der Waals surface area contributed by atoms with Crippen molar-refractivity contribution in [3.8, 4) is 0 Å². The standard InChI is InChI=1S/C65H118O6/c1-4-7-10-13-16-19-22-25-28-30-32-34-37-40-43-46-49-52-55-58-64(67)70-61-62(60-69-63(66)57-54-51-48-45-42-39-36-27-24-21-18-15-12-9-6-3)71-65(68)59-56-53-50-47-44-41-38-35-33-31-29-26-23-20-17-14-11-8-5-2/h18,21,25-29,36,62H,4-17,19-20,22-24,30-35,37-61H2,1-3H3/b21-18-,28-25-,29-26-,36-27-/t62-/m1/s1. The lowest BCUT2D eigenvalue weighted by Gasteiger charge is -2.18. The maximum Gasteiger partial charge on any atom is 0.306 e. The molecule has 0 aliphatic rings. The van der Waals surface area contributed by atoms with Crippen molar-refractivity contribution in [2.24, 2.45) is 0 Å². The number of hydrogen-bond acceptors (Lipinski definition) is 6. The quantitative estimate of drug-likeness (QED) is 0.0261. The number of allylic oxidation sites excluding steroid dienone is 8. The fourth-order valence-electron chi connectivity index (χ4n) is 9.05. The van der Waals surface area contributed by atoms with E-state index in [0.717, 1.165) is 77.0 Å². The molecule has 0 N–H and O–H groups in total. The zero-order valence-corrected chi connectivity index (χ0v) is 47.5. The molecule has 414 valence electrons. The maximum absolute atomic E-state index is 12.9. The summed E-state index contributed by atoms with van der Waals surface area (Å²) in [7, 11) is 0. The SMILES string of the molecule is CCCCC/C=C\C/C=C\CCCCCCCC(=O)OC[C@H](COC(=O)CCCCCCCCCCC/C=C\CCCCCCCC)OC(=O)CCCCCCCCCCC/C=C\CCCCCCCC. The molecule has 0 fully saturated rings. The third-order valence-electron chi connectivity index (χ3n) is 13.8. The Morgan fingerprint density at radius 2 is 0.507 bits per heavy atom. The van der Waals surface area contributed by atoms with Crippen molar-refractivity contribution < 1.29 is 28.6 Å². The highest BCUT2D eigenvalue weighted by Crippen LogP contribution is 2.16. The minimum absolute atomic E-state index is 0.0774. The van der Waals surface area contributed by atoms with Crippen molar-refractivity contribution in [2.75, 3.05) is 13.2 Å². The third-order valence-corrected chi connectivity index (χ3v) is 13.8. The predicted octanol–water partition coefficient (Wildman–Crippen LogP) is 21.0. The van der Waals surface area contributed by atoms with Gasteiger partial charge in [-0.2, -0.15) is 0 Å². The molecule has 0 aromatic heterocycles. The normalized spacial score (nSPS) is 12.3. The second-order valence-corrected chi connectivity index (χ2v) is 21.0. The predicted molar refractivity (Wildman–Crippen MR) is 307 cm³/mol. The molecule has 0 saturated heterocycles. The van der Waals surface area contributed by atoms with Crippen molar-refractivity contribution in [1.29, 1.82) is 0 Å². The summed E-state index contributed by atoms with van der Waals surface area (Å²) in [6.07, 6.45) is 73.9. The lowest BCUT2D eigenvalue weighted by molar-refractivity contribution is -0.167. The van der Waals surface area contributed by atoms with Crippen molar-refractivity contribution in [3.05, 3.63) is 48.6 Å². The molecule has 0 aliphatic heterocycles. The van der Waals surface area contributed by atoms with Gasteiger partial charge in [-0.05, 0) is 103 Å². The molecule has 6 nitrogen and oxygen atoms in total. The topological polar surface area (TPSA) is 78.9 Å². The second kappa shape index (κ2) is 59.9. The summed E-state index contributed by atoms with van der Waals surface area (Å²) >= 11 is 0. The van der Waals surface area contributed by atoms with Crippen LogP contribution in [0.3, 0.4) is 0 Å². The Morgan fingerprint density at radius 3 is 0.817 bits per heavy atom. The number of ether oxygens (including phenoxy) is 3. The van der Waals surface area contributed by atoms with Gasteiger partial charge in [0, 0.05) is 19.3 Å². The highest BCUT2D eigenvalue weighted by molar-refractivity contribution is 5.71. The molecule has 0 radical (unpaired) electrons. The molecule has 0 aromatic rings. The van der Waals surface area contributed by atoms with E-state index in [2.05, 4.69) is 69.4 Å². The van der Waals surface area contributed by atoms with Gasteiger partial charge in [-0.25, -0.2) is 0 Å². The summed E-state index contributed by atoms with van der Waals surface area (Å²) in [5.74, 6) is -0.878. The monoisotopic (exact) mass is 995 g/mol. The van der Waals surface area contributed by atoms with Crippen LogP contribution in [0.5, 0.6) is 0 Å². The average molecular weight is 996 g/mol. The zero-order valence-electron chi connectivity index (χ0n) is 47.5. The molecular weight excluding hydrogens is 877 g/mol. The van der Waals surface area contributed by atoms with Gasteiger partial charge in [-0.15, -0.1) is 0 Å². The molecular formula is C65H118O6. The fourth-order valence-corrected chi connectivity index (χ4v) is 9.05. The molecule has 0 amide bonds. The molecule has 0 heterocycles. The fraction of sp³-hybridized carbons (Fsp3) is 0.831. The van der Waals surface area contributed by atoms with E-state index in [4.69, 9.17) is 14.2 Å². The Morgan fingerprint density at radius 1 is 0.282 bits per heavy atom. The summed E-state index contributed by atoms with van der Waals surface area (Å²) in [5, 5.41) is 0. The maximum atomic E-state index is 12.9. The molecule has 0 spiro atoms. The van der Waals surface area contributed by atoms with Gasteiger partial charge >= 0.3 is 17.9 Å². The van der Waals surface area contributed by atoms with Crippen molar-refractivity contribution in [2.45, 2.75) is 335 Å². The number of rotatable bonds is 57.